The first-order valence-electron chi connectivity index (χ1n) is 11.4. The third kappa shape index (κ3) is 5.95. The van der Waals surface area contributed by atoms with Gasteiger partial charge in [0.05, 0.1) is 0 Å². The van der Waals surface area contributed by atoms with Crippen molar-refractivity contribution < 1.29 is 9.59 Å². The minimum Gasteiger partial charge on any atom is -0.337 e. The average Bonchev–Trinajstić information content (AvgIpc) is 3.03. The number of nitrogens with zero attached hydrogens (tertiary/aromatic N) is 3. The summed E-state index contributed by atoms with van der Waals surface area (Å²) in [7, 11) is 0. The molecule has 166 valence electrons. The molecule has 5 nitrogen and oxygen atoms in total. The van der Waals surface area contributed by atoms with E-state index in [1.165, 1.54) is 5.56 Å². The average molecular weight is 422 g/mol. The molecule has 0 radical (unpaired) electrons. The van der Waals surface area contributed by atoms with Gasteiger partial charge in [-0.25, -0.2) is 0 Å². The zero-order valence-electron chi connectivity index (χ0n) is 19.3. The molecule has 0 aliphatic carbocycles. The second kappa shape index (κ2) is 10.6. The number of amides is 2. The highest BCUT2D eigenvalue weighted by Gasteiger charge is 2.23. The number of carbonyl (C=O) groups is 2. The van der Waals surface area contributed by atoms with Gasteiger partial charge in [-0.05, 0) is 63.6 Å². The molecule has 1 saturated heterocycles. The van der Waals surface area contributed by atoms with Crippen molar-refractivity contribution >= 4 is 11.8 Å². The molecule has 0 aromatic heterocycles. The molecule has 2 aromatic carbocycles. The molecule has 0 bridgehead atoms. The van der Waals surface area contributed by atoms with E-state index in [0.29, 0.717) is 32.2 Å². The van der Waals surface area contributed by atoms with Gasteiger partial charge in [0, 0.05) is 49.9 Å². The van der Waals surface area contributed by atoms with Crippen molar-refractivity contribution in [3.8, 4) is 0 Å². The van der Waals surface area contributed by atoms with Crippen LogP contribution in [0.25, 0.3) is 0 Å². The Labute approximate surface area is 186 Å². The third-order valence-corrected chi connectivity index (χ3v) is 6.06. The summed E-state index contributed by atoms with van der Waals surface area (Å²) in [6, 6.07) is 16.2. The molecule has 0 unspecified atom stereocenters. The molecule has 0 saturated carbocycles. The number of aryl methyl sites for hydroxylation is 1. The predicted molar refractivity (Wildman–Crippen MR) is 125 cm³/mol. The van der Waals surface area contributed by atoms with Crippen LogP contribution in [0, 0.1) is 6.92 Å². The molecule has 3 rings (SSSR count). The van der Waals surface area contributed by atoms with E-state index in [-0.39, 0.29) is 11.8 Å². The first-order chi connectivity index (χ1) is 14.9. The SMILES string of the molecule is CCN(Cc1ccc(C(=O)N2CCCN(C(=O)c3cccc(C)c3)CC2)cc1)C(C)C. The second-order valence-electron chi connectivity index (χ2n) is 8.66. The fourth-order valence-electron chi connectivity index (χ4n) is 4.11. The maximum atomic E-state index is 13.1. The molecule has 5 heteroatoms. The van der Waals surface area contributed by atoms with Crippen molar-refractivity contribution in [2.75, 3.05) is 32.7 Å². The van der Waals surface area contributed by atoms with E-state index >= 15 is 0 Å². The van der Waals surface area contributed by atoms with Gasteiger partial charge in [-0.3, -0.25) is 14.5 Å². The van der Waals surface area contributed by atoms with Crippen molar-refractivity contribution in [3.05, 3.63) is 70.8 Å². The monoisotopic (exact) mass is 421 g/mol. The summed E-state index contributed by atoms with van der Waals surface area (Å²) in [6.45, 7) is 12.9. The molecule has 2 amide bonds. The fraction of sp³-hybridized carbons (Fsp3) is 0.462. The number of benzene rings is 2. The van der Waals surface area contributed by atoms with Crippen LogP contribution in [0.1, 0.15) is 59.0 Å². The van der Waals surface area contributed by atoms with Gasteiger partial charge in [0.25, 0.3) is 11.8 Å². The van der Waals surface area contributed by atoms with Gasteiger partial charge in [0.1, 0.15) is 0 Å². The summed E-state index contributed by atoms with van der Waals surface area (Å²) in [5.74, 6) is 0.0978. The molecule has 1 heterocycles. The van der Waals surface area contributed by atoms with Gasteiger partial charge in [-0.2, -0.15) is 0 Å². The van der Waals surface area contributed by atoms with E-state index in [9.17, 15) is 9.59 Å². The Kier molecular flexibility index (Phi) is 7.85. The first kappa shape index (κ1) is 23.0. The molecular weight excluding hydrogens is 386 g/mol. The second-order valence-corrected chi connectivity index (χ2v) is 8.66. The number of hydrogen-bond acceptors (Lipinski definition) is 3. The zero-order chi connectivity index (χ0) is 22.4. The molecule has 1 aliphatic rings. The van der Waals surface area contributed by atoms with E-state index in [4.69, 9.17) is 0 Å². The van der Waals surface area contributed by atoms with Crippen LogP contribution in [0.5, 0.6) is 0 Å². The van der Waals surface area contributed by atoms with Crippen LogP contribution in [0.2, 0.25) is 0 Å². The van der Waals surface area contributed by atoms with Crippen LogP contribution in [-0.4, -0.2) is 65.3 Å². The maximum absolute atomic E-state index is 13.1. The van der Waals surface area contributed by atoms with Crippen LogP contribution in [0.4, 0.5) is 0 Å². The zero-order valence-corrected chi connectivity index (χ0v) is 19.3. The van der Waals surface area contributed by atoms with E-state index in [2.05, 4.69) is 37.8 Å². The Morgan fingerprint density at radius 2 is 1.52 bits per heavy atom. The van der Waals surface area contributed by atoms with E-state index in [1.807, 2.05) is 53.1 Å². The summed E-state index contributed by atoms with van der Waals surface area (Å²) in [5.41, 5.74) is 3.74. The van der Waals surface area contributed by atoms with E-state index < -0.39 is 0 Å². The third-order valence-electron chi connectivity index (χ3n) is 6.06. The quantitative estimate of drug-likeness (QED) is 0.702. The lowest BCUT2D eigenvalue weighted by atomic mass is 10.1. The molecule has 0 atom stereocenters. The van der Waals surface area contributed by atoms with Gasteiger partial charge in [-0.15, -0.1) is 0 Å². The summed E-state index contributed by atoms with van der Waals surface area (Å²) in [6.07, 6.45) is 0.793. The Bertz CT molecular complexity index is 892. The number of rotatable bonds is 6. The van der Waals surface area contributed by atoms with Crippen molar-refractivity contribution in [1.82, 2.24) is 14.7 Å². The lowest BCUT2D eigenvalue weighted by Gasteiger charge is -2.25. The van der Waals surface area contributed by atoms with Gasteiger partial charge in [-0.1, -0.05) is 36.8 Å². The molecule has 0 spiro atoms. The Morgan fingerprint density at radius 1 is 0.903 bits per heavy atom. The molecular formula is C26H35N3O2. The Morgan fingerprint density at radius 3 is 2.06 bits per heavy atom. The molecule has 1 aliphatic heterocycles. The Hall–Kier alpha value is -2.66. The lowest BCUT2D eigenvalue weighted by molar-refractivity contribution is 0.0718. The van der Waals surface area contributed by atoms with Gasteiger partial charge < -0.3 is 9.80 Å². The maximum Gasteiger partial charge on any atom is 0.253 e. The minimum atomic E-state index is 0.0487. The molecule has 2 aromatic rings. The fourth-order valence-corrected chi connectivity index (χ4v) is 4.11. The normalized spacial score (nSPS) is 14.8. The lowest BCUT2D eigenvalue weighted by Crippen LogP contribution is -2.37. The highest BCUT2D eigenvalue weighted by atomic mass is 16.2. The van der Waals surface area contributed by atoms with Gasteiger partial charge >= 0.3 is 0 Å². The summed E-state index contributed by atoms with van der Waals surface area (Å²) in [4.78, 5) is 32.1. The highest BCUT2D eigenvalue weighted by Crippen LogP contribution is 2.15. The van der Waals surface area contributed by atoms with Gasteiger partial charge in [0.2, 0.25) is 0 Å². The smallest absolute Gasteiger partial charge is 0.253 e. The topological polar surface area (TPSA) is 43.9 Å². The predicted octanol–water partition coefficient (Wildman–Crippen LogP) is 4.21. The van der Waals surface area contributed by atoms with Crippen molar-refractivity contribution in [3.63, 3.8) is 0 Å². The standard InChI is InChI=1S/C26H35N3O2/c1-5-27(20(2)3)19-22-10-12-23(13-11-22)25(30)28-14-7-15-29(17-16-28)26(31)24-9-6-8-21(4)18-24/h6,8-13,18,20H,5,7,14-17,19H2,1-4H3. The number of hydrogen-bond donors (Lipinski definition) is 0. The molecule has 0 N–H and O–H groups in total. The molecule has 31 heavy (non-hydrogen) atoms. The van der Waals surface area contributed by atoms with Gasteiger partial charge in [0.15, 0.2) is 0 Å². The minimum absolute atomic E-state index is 0.0487. The van der Waals surface area contributed by atoms with Crippen molar-refractivity contribution in [1.29, 1.82) is 0 Å². The molecule has 1 fully saturated rings. The van der Waals surface area contributed by atoms with E-state index in [0.717, 1.165) is 36.2 Å². The Balaban J connectivity index is 1.61. The largest absolute Gasteiger partial charge is 0.337 e. The number of carbonyl (C=O) groups excluding carboxylic acids is 2. The summed E-state index contributed by atoms with van der Waals surface area (Å²) < 4.78 is 0. The summed E-state index contributed by atoms with van der Waals surface area (Å²) in [5, 5.41) is 0. The van der Waals surface area contributed by atoms with E-state index in [1.54, 1.807) is 0 Å². The van der Waals surface area contributed by atoms with Crippen molar-refractivity contribution in [2.24, 2.45) is 0 Å². The van der Waals surface area contributed by atoms with Crippen molar-refractivity contribution in [2.45, 2.75) is 46.7 Å². The summed E-state index contributed by atoms with van der Waals surface area (Å²) >= 11 is 0. The van der Waals surface area contributed by atoms with Crippen LogP contribution < -0.4 is 0 Å². The van der Waals surface area contributed by atoms with Crippen LogP contribution >= 0.6 is 0 Å². The van der Waals surface area contributed by atoms with Crippen LogP contribution in [-0.2, 0) is 6.54 Å². The highest BCUT2D eigenvalue weighted by molar-refractivity contribution is 5.95. The van der Waals surface area contributed by atoms with Crippen LogP contribution in [0.15, 0.2) is 48.5 Å². The van der Waals surface area contributed by atoms with Crippen LogP contribution in [0.3, 0.4) is 0 Å². The first-order valence-corrected chi connectivity index (χ1v) is 11.4.